The molecule has 1 unspecified atom stereocenters. The molecule has 2 aromatic heterocycles. The van der Waals surface area contributed by atoms with Crippen LogP contribution in [0.4, 0.5) is 0 Å². The number of carbonyl (C=O) groups excluding carboxylic acids is 1. The summed E-state index contributed by atoms with van der Waals surface area (Å²) in [5, 5.41) is 5.39. The van der Waals surface area contributed by atoms with E-state index in [4.69, 9.17) is 4.98 Å². The van der Waals surface area contributed by atoms with Gasteiger partial charge in [0.25, 0.3) is 0 Å². The van der Waals surface area contributed by atoms with Gasteiger partial charge in [0.15, 0.2) is 5.65 Å². The lowest BCUT2D eigenvalue weighted by Gasteiger charge is -2.33. The predicted octanol–water partition coefficient (Wildman–Crippen LogP) is 2.32. The fourth-order valence-corrected chi connectivity index (χ4v) is 4.13. The maximum Gasteiger partial charge on any atom is 0.352 e. The number of likely N-dealkylation sites (tertiary alicyclic amines) is 1. The molecular formula is C20H23N5O2. The van der Waals surface area contributed by atoms with Gasteiger partial charge in [0.05, 0.1) is 5.52 Å². The first-order valence-electron chi connectivity index (χ1n) is 9.81. The summed E-state index contributed by atoms with van der Waals surface area (Å²) >= 11 is 0. The standard InChI is InChI=1S/C20H23N5O2/c1-13-6-4-5-11-23(13)17(26)12-24-20(27)25-18(14-9-10-14)21-16-8-3-2-7-15(16)19(25)22-24/h2-3,7-8,13-14H,4-6,9-12H2,1H3. The van der Waals surface area contributed by atoms with Gasteiger partial charge in [0.1, 0.15) is 12.4 Å². The van der Waals surface area contributed by atoms with E-state index < -0.39 is 0 Å². The van der Waals surface area contributed by atoms with Crippen molar-refractivity contribution in [1.82, 2.24) is 24.1 Å². The maximum atomic E-state index is 13.1. The number of rotatable bonds is 3. The first-order valence-corrected chi connectivity index (χ1v) is 9.81. The Labute approximate surface area is 156 Å². The smallest absolute Gasteiger partial charge is 0.338 e. The third-order valence-electron chi connectivity index (χ3n) is 5.80. The molecule has 27 heavy (non-hydrogen) atoms. The lowest BCUT2D eigenvalue weighted by Crippen LogP contribution is -2.44. The molecule has 1 aliphatic heterocycles. The second kappa shape index (κ2) is 6.18. The van der Waals surface area contributed by atoms with Crippen molar-refractivity contribution in [1.29, 1.82) is 0 Å². The number of fused-ring (bicyclic) bond motifs is 3. The topological polar surface area (TPSA) is 72.5 Å². The van der Waals surface area contributed by atoms with Crippen molar-refractivity contribution < 1.29 is 4.79 Å². The van der Waals surface area contributed by atoms with E-state index in [1.54, 1.807) is 4.40 Å². The second-order valence-corrected chi connectivity index (χ2v) is 7.79. The molecule has 1 saturated heterocycles. The first-order chi connectivity index (χ1) is 13.1. The molecule has 7 nitrogen and oxygen atoms in total. The van der Waals surface area contributed by atoms with E-state index in [-0.39, 0.29) is 24.2 Å². The van der Waals surface area contributed by atoms with Gasteiger partial charge in [-0.25, -0.2) is 18.9 Å². The van der Waals surface area contributed by atoms with E-state index in [1.165, 1.54) is 4.68 Å². The van der Waals surface area contributed by atoms with Gasteiger partial charge in [0, 0.05) is 23.9 Å². The summed E-state index contributed by atoms with van der Waals surface area (Å²) in [7, 11) is 0. The van der Waals surface area contributed by atoms with E-state index in [1.807, 2.05) is 29.2 Å². The van der Waals surface area contributed by atoms with Crippen LogP contribution in [0.2, 0.25) is 0 Å². The fraction of sp³-hybridized carbons (Fsp3) is 0.500. The van der Waals surface area contributed by atoms with Crippen molar-refractivity contribution in [2.24, 2.45) is 0 Å². The molecule has 1 aromatic carbocycles. The molecule has 3 aromatic rings. The van der Waals surface area contributed by atoms with Crippen LogP contribution in [0.3, 0.4) is 0 Å². The summed E-state index contributed by atoms with van der Waals surface area (Å²) in [6, 6.07) is 7.97. The average Bonchev–Trinajstić information content (AvgIpc) is 3.47. The fourth-order valence-electron chi connectivity index (χ4n) is 4.13. The Balaban J connectivity index is 1.60. The zero-order valence-corrected chi connectivity index (χ0v) is 15.5. The van der Waals surface area contributed by atoms with Gasteiger partial charge < -0.3 is 4.90 Å². The molecule has 5 rings (SSSR count). The van der Waals surface area contributed by atoms with E-state index in [2.05, 4.69) is 12.0 Å². The summed E-state index contributed by atoms with van der Waals surface area (Å²) in [6.45, 7) is 2.83. The van der Waals surface area contributed by atoms with Crippen molar-refractivity contribution in [2.45, 2.75) is 57.5 Å². The minimum atomic E-state index is -0.261. The highest BCUT2D eigenvalue weighted by Gasteiger charge is 2.31. The Hall–Kier alpha value is -2.70. The van der Waals surface area contributed by atoms with E-state index >= 15 is 0 Å². The monoisotopic (exact) mass is 365 g/mol. The molecule has 1 saturated carbocycles. The zero-order chi connectivity index (χ0) is 18.5. The van der Waals surface area contributed by atoms with Crippen LogP contribution < -0.4 is 5.69 Å². The number of para-hydroxylation sites is 1. The van der Waals surface area contributed by atoms with Crippen molar-refractivity contribution >= 4 is 22.5 Å². The van der Waals surface area contributed by atoms with Gasteiger partial charge >= 0.3 is 5.69 Å². The number of benzene rings is 1. The molecular weight excluding hydrogens is 342 g/mol. The van der Waals surface area contributed by atoms with Crippen LogP contribution in [-0.2, 0) is 11.3 Å². The molecule has 1 aliphatic carbocycles. The van der Waals surface area contributed by atoms with Gasteiger partial charge in [-0.3, -0.25) is 4.79 Å². The Morgan fingerprint density at radius 1 is 1.19 bits per heavy atom. The third kappa shape index (κ3) is 2.72. The second-order valence-electron chi connectivity index (χ2n) is 7.79. The number of nitrogens with zero attached hydrogens (tertiary/aromatic N) is 5. The minimum absolute atomic E-state index is 0.0106. The summed E-state index contributed by atoms with van der Waals surface area (Å²) in [4.78, 5) is 32.5. The SMILES string of the molecule is CC1CCCCN1C(=O)Cn1nc2c3ccccc3nc(C3CC3)n2c1=O. The molecule has 0 spiro atoms. The Morgan fingerprint density at radius 3 is 2.78 bits per heavy atom. The summed E-state index contributed by atoms with van der Waals surface area (Å²) < 4.78 is 2.94. The van der Waals surface area contributed by atoms with Gasteiger partial charge in [-0.2, -0.15) is 0 Å². The van der Waals surface area contributed by atoms with Crippen LogP contribution in [0, 0.1) is 0 Å². The first kappa shape index (κ1) is 16.5. The molecule has 2 fully saturated rings. The van der Waals surface area contributed by atoms with Crippen molar-refractivity contribution in [3.63, 3.8) is 0 Å². The van der Waals surface area contributed by atoms with Crippen LogP contribution in [-0.4, -0.2) is 42.6 Å². The molecule has 0 radical (unpaired) electrons. The Bertz CT molecular complexity index is 1090. The van der Waals surface area contributed by atoms with Crippen LogP contribution in [0.25, 0.3) is 16.6 Å². The predicted molar refractivity (Wildman–Crippen MR) is 102 cm³/mol. The highest BCUT2D eigenvalue weighted by Crippen LogP contribution is 2.39. The molecule has 3 heterocycles. The van der Waals surface area contributed by atoms with Crippen LogP contribution in [0.1, 0.15) is 50.8 Å². The molecule has 1 amide bonds. The number of hydrogen-bond donors (Lipinski definition) is 0. The highest BCUT2D eigenvalue weighted by atomic mass is 16.2. The lowest BCUT2D eigenvalue weighted by molar-refractivity contribution is -0.135. The van der Waals surface area contributed by atoms with Crippen molar-refractivity contribution in [3.8, 4) is 0 Å². The molecule has 0 N–H and O–H groups in total. The average molecular weight is 365 g/mol. The summed E-state index contributed by atoms with van der Waals surface area (Å²) in [5.41, 5.74) is 1.19. The number of piperidine rings is 1. The summed E-state index contributed by atoms with van der Waals surface area (Å²) in [5.74, 6) is 1.06. The number of hydrogen-bond acceptors (Lipinski definition) is 4. The normalized spacial score (nSPS) is 20.5. The van der Waals surface area contributed by atoms with E-state index in [9.17, 15) is 9.59 Å². The van der Waals surface area contributed by atoms with Gasteiger partial charge in [0.2, 0.25) is 5.91 Å². The van der Waals surface area contributed by atoms with Crippen LogP contribution >= 0.6 is 0 Å². The van der Waals surface area contributed by atoms with Crippen molar-refractivity contribution in [3.05, 3.63) is 40.6 Å². The molecule has 140 valence electrons. The number of aromatic nitrogens is 4. The molecule has 2 aliphatic rings. The Morgan fingerprint density at radius 2 is 2.00 bits per heavy atom. The van der Waals surface area contributed by atoms with E-state index in [0.717, 1.165) is 55.4 Å². The third-order valence-corrected chi connectivity index (χ3v) is 5.80. The van der Waals surface area contributed by atoms with Gasteiger partial charge in [-0.1, -0.05) is 12.1 Å². The largest absolute Gasteiger partial charge is 0.352 e. The van der Waals surface area contributed by atoms with Crippen LogP contribution in [0.5, 0.6) is 0 Å². The maximum absolute atomic E-state index is 13.1. The molecule has 0 bridgehead atoms. The number of carbonyl (C=O) groups is 1. The Kier molecular flexibility index (Phi) is 3.77. The molecule has 1 atom stereocenters. The van der Waals surface area contributed by atoms with E-state index in [0.29, 0.717) is 11.6 Å². The summed E-state index contributed by atoms with van der Waals surface area (Å²) in [6.07, 6.45) is 5.29. The highest BCUT2D eigenvalue weighted by molar-refractivity contribution is 5.91. The van der Waals surface area contributed by atoms with Gasteiger partial charge in [-0.05, 0) is 51.2 Å². The van der Waals surface area contributed by atoms with Crippen molar-refractivity contribution in [2.75, 3.05) is 6.54 Å². The van der Waals surface area contributed by atoms with Crippen LogP contribution in [0.15, 0.2) is 29.1 Å². The lowest BCUT2D eigenvalue weighted by atomic mass is 10.0. The van der Waals surface area contributed by atoms with Gasteiger partial charge in [-0.15, -0.1) is 5.10 Å². The quantitative estimate of drug-likeness (QED) is 0.714. The molecule has 7 heteroatoms. The number of amides is 1. The zero-order valence-electron chi connectivity index (χ0n) is 15.5. The minimum Gasteiger partial charge on any atom is -0.338 e.